The molecule has 1 amide bonds. The Morgan fingerprint density at radius 1 is 1.25 bits per heavy atom. The first kappa shape index (κ1) is 17.4. The fourth-order valence-electron chi connectivity index (χ4n) is 2.01. The molecular weight excluding hydrogens is 555 g/mol. The summed E-state index contributed by atoms with van der Waals surface area (Å²) in [6.07, 6.45) is 1.48. The number of furan rings is 1. The first-order chi connectivity index (χ1) is 11.4. The predicted octanol–water partition coefficient (Wildman–Crippen LogP) is 5.03. The van der Waals surface area contributed by atoms with E-state index in [-0.39, 0.29) is 11.5 Å². The molecule has 0 aliphatic heterocycles. The van der Waals surface area contributed by atoms with Gasteiger partial charge in [0, 0.05) is 9.86 Å². The normalized spacial score (nSPS) is 11.3. The van der Waals surface area contributed by atoms with Crippen LogP contribution in [0.2, 0.25) is 0 Å². The van der Waals surface area contributed by atoms with E-state index in [9.17, 15) is 9.90 Å². The lowest BCUT2D eigenvalue weighted by atomic mass is 10.2. The third-order valence-electron chi connectivity index (χ3n) is 3.11. The van der Waals surface area contributed by atoms with Crippen LogP contribution >= 0.6 is 54.5 Å². The van der Waals surface area contributed by atoms with Crippen LogP contribution in [-0.2, 0) is 0 Å². The summed E-state index contributed by atoms with van der Waals surface area (Å²) in [5.41, 5.74) is 3.81. The van der Waals surface area contributed by atoms with Gasteiger partial charge in [-0.05, 0) is 80.5 Å². The van der Waals surface area contributed by atoms with E-state index in [4.69, 9.17) is 4.42 Å². The van der Waals surface area contributed by atoms with Gasteiger partial charge in [0.05, 0.1) is 14.3 Å². The number of hydrogen-bond donors (Lipinski definition) is 2. The van der Waals surface area contributed by atoms with E-state index in [1.54, 1.807) is 18.2 Å². The van der Waals surface area contributed by atoms with Crippen LogP contribution in [0.4, 0.5) is 0 Å². The Kier molecular flexibility index (Phi) is 5.26. The first-order valence-corrected chi connectivity index (χ1v) is 9.31. The largest absolute Gasteiger partial charge is 0.507 e. The number of hydrazone groups is 1. The van der Waals surface area contributed by atoms with Crippen LogP contribution in [0.1, 0.15) is 16.1 Å². The zero-order valence-corrected chi connectivity index (χ0v) is 17.2. The zero-order valence-electron chi connectivity index (χ0n) is 11.9. The highest BCUT2D eigenvalue weighted by atomic mass is 127. The minimum absolute atomic E-state index is 0.138. The SMILES string of the molecule is O=C(N/N=C\c1ccc(O)c(Br)c1)c1cc2cc(Br)cc(I)c2o1. The fourth-order valence-corrected chi connectivity index (χ4v) is 4.07. The fraction of sp³-hybridized carbons (Fsp3) is 0. The summed E-state index contributed by atoms with van der Waals surface area (Å²) < 4.78 is 7.98. The maximum atomic E-state index is 12.1. The summed E-state index contributed by atoms with van der Waals surface area (Å²) in [7, 11) is 0. The molecule has 5 nitrogen and oxygen atoms in total. The molecule has 0 unspecified atom stereocenters. The van der Waals surface area contributed by atoms with Crippen molar-refractivity contribution in [3.05, 3.63) is 60.2 Å². The minimum atomic E-state index is -0.438. The highest BCUT2D eigenvalue weighted by Gasteiger charge is 2.14. The van der Waals surface area contributed by atoms with Crippen LogP contribution in [0.5, 0.6) is 5.75 Å². The summed E-state index contributed by atoms with van der Waals surface area (Å²) in [5, 5.41) is 14.2. The summed E-state index contributed by atoms with van der Waals surface area (Å²) in [6.45, 7) is 0. The molecule has 3 rings (SSSR count). The third kappa shape index (κ3) is 3.81. The molecule has 2 N–H and O–H groups in total. The van der Waals surface area contributed by atoms with Crippen molar-refractivity contribution in [1.29, 1.82) is 0 Å². The van der Waals surface area contributed by atoms with Gasteiger partial charge in [-0.3, -0.25) is 4.79 Å². The van der Waals surface area contributed by atoms with E-state index >= 15 is 0 Å². The van der Waals surface area contributed by atoms with Gasteiger partial charge in [0.1, 0.15) is 11.3 Å². The Hall–Kier alpha value is -1.39. The number of phenols is 1. The number of nitrogens with one attached hydrogen (secondary N) is 1. The Morgan fingerprint density at radius 2 is 2.04 bits per heavy atom. The smallest absolute Gasteiger partial charge is 0.307 e. The molecule has 1 heterocycles. The topological polar surface area (TPSA) is 74.8 Å². The van der Waals surface area contributed by atoms with Gasteiger partial charge in [-0.25, -0.2) is 5.43 Å². The highest BCUT2D eigenvalue weighted by Crippen LogP contribution is 2.28. The van der Waals surface area contributed by atoms with Crippen LogP contribution in [-0.4, -0.2) is 17.2 Å². The maximum absolute atomic E-state index is 12.1. The molecule has 3 aromatic rings. The molecule has 0 fully saturated rings. The van der Waals surface area contributed by atoms with Gasteiger partial charge >= 0.3 is 5.91 Å². The molecular formula is C16H9Br2IN2O3. The van der Waals surface area contributed by atoms with Crippen LogP contribution in [0.25, 0.3) is 11.0 Å². The van der Waals surface area contributed by atoms with E-state index < -0.39 is 5.91 Å². The standard InChI is InChI=1S/C16H9Br2IN2O3/c17-10-4-9-5-14(24-15(9)12(19)6-10)16(23)21-20-7-8-1-2-13(22)11(18)3-8/h1-7,22H,(H,21,23)/b20-7-. The Labute approximate surface area is 167 Å². The van der Waals surface area contributed by atoms with Crippen molar-refractivity contribution >= 4 is 77.5 Å². The number of phenolic OH excluding ortho intramolecular Hbond substituents is 1. The predicted molar refractivity (Wildman–Crippen MR) is 107 cm³/mol. The van der Waals surface area contributed by atoms with Gasteiger partial charge in [-0.1, -0.05) is 15.9 Å². The number of carbonyl (C=O) groups excluding carboxylic acids is 1. The molecule has 0 saturated heterocycles. The van der Waals surface area contributed by atoms with Crippen molar-refractivity contribution in [2.75, 3.05) is 0 Å². The van der Waals surface area contributed by atoms with Crippen LogP contribution < -0.4 is 5.43 Å². The molecule has 0 bridgehead atoms. The second-order valence-electron chi connectivity index (χ2n) is 4.83. The van der Waals surface area contributed by atoms with Gasteiger partial charge in [0.2, 0.25) is 0 Å². The van der Waals surface area contributed by atoms with Gasteiger partial charge in [-0.2, -0.15) is 5.10 Å². The van der Waals surface area contributed by atoms with Gasteiger partial charge in [0.25, 0.3) is 0 Å². The van der Waals surface area contributed by atoms with Crippen LogP contribution in [0.15, 0.2) is 54.9 Å². The first-order valence-electron chi connectivity index (χ1n) is 6.64. The van der Waals surface area contributed by atoms with Crippen molar-refractivity contribution in [3.63, 3.8) is 0 Å². The number of benzene rings is 2. The Bertz CT molecular complexity index is 969. The number of aromatic hydroxyl groups is 1. The number of rotatable bonds is 3. The van der Waals surface area contributed by atoms with E-state index in [0.29, 0.717) is 10.1 Å². The van der Waals surface area contributed by atoms with E-state index in [1.807, 2.05) is 12.1 Å². The summed E-state index contributed by atoms with van der Waals surface area (Å²) in [5.74, 6) is -0.114. The van der Waals surface area contributed by atoms with E-state index in [2.05, 4.69) is 65.0 Å². The number of carbonyl (C=O) groups is 1. The molecule has 24 heavy (non-hydrogen) atoms. The number of hydrogen-bond acceptors (Lipinski definition) is 4. The van der Waals surface area contributed by atoms with Crippen LogP contribution in [0, 0.1) is 3.57 Å². The molecule has 0 radical (unpaired) electrons. The van der Waals surface area contributed by atoms with Crippen molar-refractivity contribution in [2.24, 2.45) is 5.10 Å². The average molecular weight is 564 g/mol. The summed E-state index contributed by atoms with van der Waals surface area (Å²) >= 11 is 8.79. The molecule has 0 aliphatic carbocycles. The second kappa shape index (κ2) is 7.24. The lowest BCUT2D eigenvalue weighted by Crippen LogP contribution is -2.16. The molecule has 122 valence electrons. The van der Waals surface area contributed by atoms with E-state index in [0.717, 1.165) is 19.0 Å². The molecule has 2 aromatic carbocycles. The molecule has 1 aromatic heterocycles. The van der Waals surface area contributed by atoms with Crippen molar-refractivity contribution in [2.45, 2.75) is 0 Å². The van der Waals surface area contributed by atoms with Crippen molar-refractivity contribution in [3.8, 4) is 5.75 Å². The van der Waals surface area contributed by atoms with Crippen LogP contribution in [0.3, 0.4) is 0 Å². The molecule has 0 spiro atoms. The quantitative estimate of drug-likeness (QED) is 0.267. The minimum Gasteiger partial charge on any atom is -0.507 e. The van der Waals surface area contributed by atoms with Crippen molar-refractivity contribution < 1.29 is 14.3 Å². The second-order valence-corrected chi connectivity index (χ2v) is 7.76. The van der Waals surface area contributed by atoms with Gasteiger partial charge < -0.3 is 9.52 Å². The lowest BCUT2D eigenvalue weighted by molar-refractivity contribution is 0.0929. The lowest BCUT2D eigenvalue weighted by Gasteiger charge is -1.98. The maximum Gasteiger partial charge on any atom is 0.307 e. The Morgan fingerprint density at radius 3 is 2.79 bits per heavy atom. The number of amides is 1. The Balaban J connectivity index is 1.76. The van der Waals surface area contributed by atoms with Gasteiger partial charge in [0.15, 0.2) is 5.76 Å². The number of halogens is 3. The summed E-state index contributed by atoms with van der Waals surface area (Å²) in [4.78, 5) is 12.1. The molecule has 8 heteroatoms. The zero-order chi connectivity index (χ0) is 17.3. The highest BCUT2D eigenvalue weighted by molar-refractivity contribution is 14.1. The third-order valence-corrected chi connectivity index (χ3v) is 5.01. The van der Waals surface area contributed by atoms with Gasteiger partial charge in [-0.15, -0.1) is 0 Å². The average Bonchev–Trinajstić information content (AvgIpc) is 2.95. The molecule has 0 atom stereocenters. The number of nitrogens with zero attached hydrogens (tertiary/aromatic N) is 1. The van der Waals surface area contributed by atoms with Crippen molar-refractivity contribution in [1.82, 2.24) is 5.43 Å². The number of fused-ring (bicyclic) bond motifs is 1. The summed E-state index contributed by atoms with van der Waals surface area (Å²) in [6, 6.07) is 10.4. The monoisotopic (exact) mass is 562 g/mol. The molecule has 0 aliphatic rings. The molecule has 0 saturated carbocycles. The van der Waals surface area contributed by atoms with E-state index in [1.165, 1.54) is 12.3 Å².